The summed E-state index contributed by atoms with van der Waals surface area (Å²) in [5, 5.41) is 4.14. The van der Waals surface area contributed by atoms with E-state index in [1.807, 2.05) is 0 Å². The predicted molar refractivity (Wildman–Crippen MR) is 50.9 cm³/mol. The van der Waals surface area contributed by atoms with Crippen molar-refractivity contribution >= 4 is 11.3 Å². The van der Waals surface area contributed by atoms with Crippen molar-refractivity contribution in [1.82, 2.24) is 9.78 Å². The average molecular weight is 196 g/mol. The molecular weight excluding hydrogens is 184 g/mol. The number of aromatic nitrogens is 2. The quantitative estimate of drug-likeness (QED) is 0.684. The van der Waals surface area contributed by atoms with Gasteiger partial charge in [-0.1, -0.05) is 17.8 Å². The Hall–Kier alpha value is -0.640. The van der Waals surface area contributed by atoms with E-state index in [1.54, 1.807) is 10.2 Å². The molecule has 13 heavy (non-hydrogen) atoms. The third-order valence-electron chi connectivity index (χ3n) is 3.53. The fraction of sp³-hybridized carbons (Fsp3) is 0.778. The first-order valence-electron chi connectivity index (χ1n) is 4.87. The van der Waals surface area contributed by atoms with E-state index in [4.69, 9.17) is 0 Å². The summed E-state index contributed by atoms with van der Waals surface area (Å²) in [6.45, 7) is 0. The molecule has 2 saturated carbocycles. The van der Waals surface area contributed by atoms with Gasteiger partial charge in [0.25, 0.3) is 0 Å². The lowest BCUT2D eigenvalue weighted by Gasteiger charge is -2.20. The number of fused-ring (bicyclic) bond motifs is 2. The molecule has 4 heteroatoms. The van der Waals surface area contributed by atoms with Gasteiger partial charge < -0.3 is 0 Å². The highest BCUT2D eigenvalue weighted by Crippen LogP contribution is 2.49. The van der Waals surface area contributed by atoms with Crippen LogP contribution >= 0.6 is 11.3 Å². The van der Waals surface area contributed by atoms with Gasteiger partial charge in [0.2, 0.25) is 0 Å². The summed E-state index contributed by atoms with van der Waals surface area (Å²) in [7, 11) is 0. The van der Waals surface area contributed by atoms with Gasteiger partial charge in [-0.25, -0.2) is 4.68 Å². The first-order valence-corrected chi connectivity index (χ1v) is 5.75. The van der Waals surface area contributed by atoms with Crippen molar-refractivity contribution in [3.05, 3.63) is 15.2 Å². The Morgan fingerprint density at radius 1 is 1.46 bits per heavy atom. The standard InChI is InChI=1S/C9H12N2OS/c12-9-11(10-5-13-9)8-4-6-1-2-7(8)3-6/h5-8H,1-4H2. The highest BCUT2D eigenvalue weighted by atomic mass is 32.1. The summed E-state index contributed by atoms with van der Waals surface area (Å²) in [5.74, 6) is 1.62. The van der Waals surface area contributed by atoms with E-state index in [9.17, 15) is 4.79 Å². The molecule has 2 aliphatic rings. The first-order chi connectivity index (χ1) is 6.34. The van der Waals surface area contributed by atoms with Crippen molar-refractivity contribution in [3.8, 4) is 0 Å². The van der Waals surface area contributed by atoms with Gasteiger partial charge in [-0.2, -0.15) is 5.10 Å². The summed E-state index contributed by atoms with van der Waals surface area (Å²) in [4.78, 5) is 11.5. The zero-order chi connectivity index (χ0) is 8.84. The van der Waals surface area contributed by atoms with E-state index >= 15 is 0 Å². The Balaban J connectivity index is 1.95. The molecule has 0 aliphatic heterocycles. The molecule has 3 unspecified atom stereocenters. The van der Waals surface area contributed by atoms with Crippen molar-refractivity contribution in [1.29, 1.82) is 0 Å². The van der Waals surface area contributed by atoms with Crippen LogP contribution in [-0.4, -0.2) is 9.78 Å². The molecule has 3 nitrogen and oxygen atoms in total. The van der Waals surface area contributed by atoms with Crippen molar-refractivity contribution in [3.63, 3.8) is 0 Å². The summed E-state index contributed by atoms with van der Waals surface area (Å²) in [6.07, 6.45) is 5.20. The molecule has 0 amide bonds. The second-order valence-corrected chi connectivity index (χ2v) is 4.99. The Morgan fingerprint density at radius 2 is 2.38 bits per heavy atom. The van der Waals surface area contributed by atoms with Crippen LogP contribution in [0.15, 0.2) is 10.3 Å². The van der Waals surface area contributed by atoms with Gasteiger partial charge in [0.1, 0.15) is 5.51 Å². The van der Waals surface area contributed by atoms with Crippen LogP contribution in [0.25, 0.3) is 0 Å². The van der Waals surface area contributed by atoms with Gasteiger partial charge >= 0.3 is 4.87 Å². The van der Waals surface area contributed by atoms with Crippen molar-refractivity contribution in [2.24, 2.45) is 11.8 Å². The molecule has 0 spiro atoms. The van der Waals surface area contributed by atoms with Crippen molar-refractivity contribution in [2.45, 2.75) is 31.7 Å². The second-order valence-electron chi connectivity index (χ2n) is 4.19. The molecule has 2 bridgehead atoms. The average Bonchev–Trinajstić information content (AvgIpc) is 2.77. The fourth-order valence-electron chi connectivity index (χ4n) is 2.95. The number of hydrogen-bond acceptors (Lipinski definition) is 3. The van der Waals surface area contributed by atoms with Crippen LogP contribution in [0.3, 0.4) is 0 Å². The van der Waals surface area contributed by atoms with Gasteiger partial charge in [-0.05, 0) is 31.1 Å². The Morgan fingerprint density at radius 3 is 2.92 bits per heavy atom. The lowest BCUT2D eigenvalue weighted by atomic mass is 9.96. The van der Waals surface area contributed by atoms with Gasteiger partial charge in [-0.3, -0.25) is 4.79 Å². The largest absolute Gasteiger partial charge is 0.325 e. The molecule has 1 heterocycles. The lowest BCUT2D eigenvalue weighted by Crippen LogP contribution is -2.25. The summed E-state index contributed by atoms with van der Waals surface area (Å²) in [6, 6.07) is 0.428. The molecule has 1 aromatic heterocycles. The highest BCUT2D eigenvalue weighted by molar-refractivity contribution is 7.06. The van der Waals surface area contributed by atoms with E-state index in [-0.39, 0.29) is 4.87 Å². The van der Waals surface area contributed by atoms with Crippen LogP contribution in [0, 0.1) is 11.8 Å². The second kappa shape index (κ2) is 2.67. The first kappa shape index (κ1) is 7.74. The maximum Gasteiger partial charge on any atom is 0.325 e. The molecular formula is C9H12N2OS. The Kier molecular flexibility index (Phi) is 1.59. The molecule has 0 aromatic carbocycles. The SMILES string of the molecule is O=c1scnn1C1CC2CCC1C2. The molecule has 3 atom stereocenters. The molecule has 2 aliphatic carbocycles. The third-order valence-corrected chi connectivity index (χ3v) is 4.12. The maximum atomic E-state index is 11.4. The molecule has 70 valence electrons. The van der Waals surface area contributed by atoms with Crippen LogP contribution in [0.4, 0.5) is 0 Å². The molecule has 2 fully saturated rings. The van der Waals surface area contributed by atoms with E-state index in [1.165, 1.54) is 37.0 Å². The smallest absolute Gasteiger partial charge is 0.255 e. The Labute approximate surface area is 80.4 Å². The van der Waals surface area contributed by atoms with Gasteiger partial charge in [0.05, 0.1) is 6.04 Å². The number of hydrogen-bond donors (Lipinski definition) is 0. The van der Waals surface area contributed by atoms with Gasteiger partial charge in [0.15, 0.2) is 0 Å². The summed E-state index contributed by atoms with van der Waals surface area (Å²) < 4.78 is 1.72. The van der Waals surface area contributed by atoms with Crippen LogP contribution in [0.2, 0.25) is 0 Å². The van der Waals surface area contributed by atoms with Crippen LogP contribution in [0.1, 0.15) is 31.7 Å². The van der Waals surface area contributed by atoms with Crippen molar-refractivity contribution in [2.75, 3.05) is 0 Å². The van der Waals surface area contributed by atoms with E-state index in [0.29, 0.717) is 6.04 Å². The van der Waals surface area contributed by atoms with Crippen LogP contribution in [0.5, 0.6) is 0 Å². The molecule has 3 rings (SSSR count). The molecule has 1 aromatic rings. The minimum Gasteiger partial charge on any atom is -0.255 e. The normalized spacial score (nSPS) is 37.1. The number of rotatable bonds is 1. The molecule has 0 radical (unpaired) electrons. The monoisotopic (exact) mass is 196 g/mol. The van der Waals surface area contributed by atoms with E-state index in [2.05, 4.69) is 5.10 Å². The maximum absolute atomic E-state index is 11.4. The summed E-state index contributed by atoms with van der Waals surface area (Å²) >= 11 is 1.21. The highest BCUT2D eigenvalue weighted by Gasteiger charge is 2.41. The molecule has 0 saturated heterocycles. The van der Waals surface area contributed by atoms with Gasteiger partial charge in [-0.15, -0.1) is 0 Å². The fourth-order valence-corrected chi connectivity index (χ4v) is 3.48. The topological polar surface area (TPSA) is 34.9 Å². The summed E-state index contributed by atoms with van der Waals surface area (Å²) in [5.41, 5.74) is 1.66. The minimum absolute atomic E-state index is 0.123. The zero-order valence-corrected chi connectivity index (χ0v) is 8.17. The van der Waals surface area contributed by atoms with Gasteiger partial charge in [0, 0.05) is 0 Å². The van der Waals surface area contributed by atoms with Crippen molar-refractivity contribution < 1.29 is 0 Å². The predicted octanol–water partition coefficient (Wildman–Crippen LogP) is 1.67. The van der Waals surface area contributed by atoms with E-state index < -0.39 is 0 Å². The Bertz CT molecular complexity index is 370. The lowest BCUT2D eigenvalue weighted by molar-refractivity contribution is 0.301. The zero-order valence-electron chi connectivity index (χ0n) is 7.35. The number of nitrogens with zero attached hydrogens (tertiary/aromatic N) is 2. The van der Waals surface area contributed by atoms with Crippen LogP contribution in [-0.2, 0) is 0 Å². The third kappa shape index (κ3) is 1.08. The molecule has 0 N–H and O–H groups in total. The van der Waals surface area contributed by atoms with Crippen LogP contribution < -0.4 is 4.87 Å². The minimum atomic E-state index is 0.123. The van der Waals surface area contributed by atoms with E-state index in [0.717, 1.165) is 11.8 Å².